The largest absolute Gasteiger partial charge is 0.481 e. The van der Waals surface area contributed by atoms with Crippen molar-refractivity contribution in [3.8, 4) is 12.3 Å². The molecule has 1 amide bonds. The highest BCUT2D eigenvalue weighted by atomic mass is 16.4. The summed E-state index contributed by atoms with van der Waals surface area (Å²) in [6.07, 6.45) is 6.33. The Morgan fingerprint density at radius 2 is 2.29 bits per heavy atom. The third-order valence-corrected chi connectivity index (χ3v) is 2.37. The minimum atomic E-state index is -0.822. The molecule has 1 unspecified atom stereocenters. The quantitative estimate of drug-likeness (QED) is 0.660. The number of terminal acetylenes is 1. The lowest BCUT2D eigenvalue weighted by Gasteiger charge is -2.14. The number of carbonyl (C=O) groups excluding carboxylic acids is 1. The molecule has 1 atom stereocenters. The molecule has 0 aromatic rings. The molecule has 76 valence electrons. The molecule has 1 N–H and O–H groups in total. The SMILES string of the molecule is C#CCCC(=O)N1CCC(C(=O)O)C1. The van der Waals surface area contributed by atoms with Crippen molar-refractivity contribution in [2.45, 2.75) is 19.3 Å². The first kappa shape index (κ1) is 10.6. The van der Waals surface area contributed by atoms with Gasteiger partial charge in [-0.1, -0.05) is 0 Å². The van der Waals surface area contributed by atoms with Crippen LogP contribution in [0.2, 0.25) is 0 Å². The molecule has 0 saturated carbocycles. The van der Waals surface area contributed by atoms with Crippen molar-refractivity contribution in [1.82, 2.24) is 4.90 Å². The molecule has 4 heteroatoms. The van der Waals surface area contributed by atoms with Crippen LogP contribution in [-0.2, 0) is 9.59 Å². The van der Waals surface area contributed by atoms with Crippen LogP contribution < -0.4 is 0 Å². The minimum absolute atomic E-state index is 0.0355. The van der Waals surface area contributed by atoms with E-state index in [4.69, 9.17) is 11.5 Å². The lowest BCUT2D eigenvalue weighted by atomic mass is 10.1. The molecule has 1 fully saturated rings. The van der Waals surface area contributed by atoms with E-state index in [1.807, 2.05) is 0 Å². The summed E-state index contributed by atoms with van der Waals surface area (Å²) in [6.45, 7) is 0.874. The van der Waals surface area contributed by atoms with Crippen molar-refractivity contribution < 1.29 is 14.7 Å². The van der Waals surface area contributed by atoms with Crippen LogP contribution in [-0.4, -0.2) is 35.0 Å². The summed E-state index contributed by atoms with van der Waals surface area (Å²) in [6, 6.07) is 0. The molecule has 1 saturated heterocycles. The Morgan fingerprint density at radius 1 is 1.57 bits per heavy atom. The smallest absolute Gasteiger partial charge is 0.308 e. The van der Waals surface area contributed by atoms with Gasteiger partial charge in [0.25, 0.3) is 0 Å². The second kappa shape index (κ2) is 4.66. The number of nitrogens with zero attached hydrogens (tertiary/aromatic N) is 1. The number of carboxylic acid groups (broad SMARTS) is 1. The zero-order chi connectivity index (χ0) is 10.6. The second-order valence-electron chi connectivity index (χ2n) is 3.37. The summed E-state index contributed by atoms with van der Waals surface area (Å²) >= 11 is 0. The molecule has 1 aliphatic rings. The van der Waals surface area contributed by atoms with Gasteiger partial charge in [0.15, 0.2) is 0 Å². The Hall–Kier alpha value is -1.50. The molecule has 1 rings (SSSR count). The fourth-order valence-electron chi connectivity index (χ4n) is 1.53. The minimum Gasteiger partial charge on any atom is -0.481 e. The summed E-state index contributed by atoms with van der Waals surface area (Å²) in [5, 5.41) is 8.72. The van der Waals surface area contributed by atoms with Gasteiger partial charge < -0.3 is 10.0 Å². The van der Waals surface area contributed by atoms with Crippen LogP contribution in [0.15, 0.2) is 0 Å². The molecular formula is C10H13NO3. The molecule has 4 nitrogen and oxygen atoms in total. The first-order valence-corrected chi connectivity index (χ1v) is 4.59. The molecule has 1 aliphatic heterocycles. The van der Waals surface area contributed by atoms with E-state index in [0.29, 0.717) is 32.4 Å². The zero-order valence-electron chi connectivity index (χ0n) is 7.90. The maximum absolute atomic E-state index is 11.4. The fourth-order valence-corrected chi connectivity index (χ4v) is 1.53. The first-order valence-electron chi connectivity index (χ1n) is 4.59. The maximum Gasteiger partial charge on any atom is 0.308 e. The van der Waals surface area contributed by atoms with E-state index >= 15 is 0 Å². The van der Waals surface area contributed by atoms with Gasteiger partial charge in [-0.05, 0) is 6.42 Å². The number of hydrogen-bond acceptors (Lipinski definition) is 2. The van der Waals surface area contributed by atoms with Crippen LogP contribution in [0.25, 0.3) is 0 Å². The molecule has 0 spiro atoms. The van der Waals surface area contributed by atoms with Gasteiger partial charge in [-0.3, -0.25) is 9.59 Å². The number of hydrogen-bond donors (Lipinski definition) is 1. The zero-order valence-corrected chi connectivity index (χ0v) is 7.90. The van der Waals surface area contributed by atoms with Crippen LogP contribution >= 0.6 is 0 Å². The van der Waals surface area contributed by atoms with Crippen LogP contribution in [0.3, 0.4) is 0 Å². The van der Waals surface area contributed by atoms with Gasteiger partial charge in [0, 0.05) is 25.9 Å². The van der Waals surface area contributed by atoms with Crippen LogP contribution in [0.4, 0.5) is 0 Å². The van der Waals surface area contributed by atoms with Gasteiger partial charge >= 0.3 is 5.97 Å². The average molecular weight is 195 g/mol. The van der Waals surface area contributed by atoms with E-state index in [1.165, 1.54) is 0 Å². The van der Waals surface area contributed by atoms with Crippen LogP contribution in [0, 0.1) is 18.3 Å². The Morgan fingerprint density at radius 3 is 2.79 bits per heavy atom. The normalized spacial score (nSPS) is 20.5. The van der Waals surface area contributed by atoms with E-state index in [0.717, 1.165) is 0 Å². The van der Waals surface area contributed by atoms with E-state index < -0.39 is 11.9 Å². The van der Waals surface area contributed by atoms with Crippen LogP contribution in [0.5, 0.6) is 0 Å². The summed E-state index contributed by atoms with van der Waals surface area (Å²) in [4.78, 5) is 23.6. The summed E-state index contributed by atoms with van der Waals surface area (Å²) in [5.41, 5.74) is 0. The van der Waals surface area contributed by atoms with Gasteiger partial charge in [-0.2, -0.15) is 0 Å². The summed E-state index contributed by atoms with van der Waals surface area (Å²) < 4.78 is 0. The van der Waals surface area contributed by atoms with Gasteiger partial charge in [-0.15, -0.1) is 12.3 Å². The molecule has 14 heavy (non-hydrogen) atoms. The van der Waals surface area contributed by atoms with E-state index in [9.17, 15) is 9.59 Å². The highest BCUT2D eigenvalue weighted by Crippen LogP contribution is 2.17. The average Bonchev–Trinajstić information content (AvgIpc) is 2.62. The second-order valence-corrected chi connectivity index (χ2v) is 3.37. The van der Waals surface area contributed by atoms with E-state index in [-0.39, 0.29) is 5.91 Å². The summed E-state index contributed by atoms with van der Waals surface area (Å²) in [7, 11) is 0. The van der Waals surface area contributed by atoms with E-state index in [2.05, 4.69) is 5.92 Å². The predicted molar refractivity (Wildman–Crippen MR) is 50.4 cm³/mol. The Bertz CT molecular complexity index is 280. The highest BCUT2D eigenvalue weighted by molar-refractivity contribution is 5.78. The number of carbonyl (C=O) groups is 2. The van der Waals surface area contributed by atoms with Crippen LogP contribution in [0.1, 0.15) is 19.3 Å². The van der Waals surface area contributed by atoms with Gasteiger partial charge in [0.05, 0.1) is 5.92 Å². The van der Waals surface area contributed by atoms with Gasteiger partial charge in [0.1, 0.15) is 0 Å². The number of aliphatic carboxylic acids is 1. The molecule has 1 heterocycles. The van der Waals surface area contributed by atoms with Crippen molar-refractivity contribution in [3.05, 3.63) is 0 Å². The maximum atomic E-state index is 11.4. The van der Waals surface area contributed by atoms with Crippen molar-refractivity contribution in [3.63, 3.8) is 0 Å². The van der Waals surface area contributed by atoms with E-state index in [1.54, 1.807) is 4.90 Å². The van der Waals surface area contributed by atoms with Gasteiger partial charge in [-0.25, -0.2) is 0 Å². The molecular weight excluding hydrogens is 182 g/mol. The topological polar surface area (TPSA) is 57.6 Å². The predicted octanol–water partition coefficient (Wildman–Crippen LogP) is 0.333. The first-order chi connectivity index (χ1) is 6.65. The third kappa shape index (κ3) is 2.49. The molecule has 0 aromatic heterocycles. The standard InChI is InChI=1S/C10H13NO3/c1-2-3-4-9(12)11-6-5-8(7-11)10(13)14/h1,8H,3-7H2,(H,13,14). The van der Waals surface area contributed by atoms with Crippen molar-refractivity contribution in [1.29, 1.82) is 0 Å². The molecule has 0 bridgehead atoms. The number of likely N-dealkylation sites (tertiary alicyclic amines) is 1. The number of carboxylic acids is 1. The molecule has 0 radical (unpaired) electrons. The number of amides is 1. The Labute approximate surface area is 82.9 Å². The fraction of sp³-hybridized carbons (Fsp3) is 0.600. The molecule has 0 aliphatic carbocycles. The Balaban J connectivity index is 2.38. The third-order valence-electron chi connectivity index (χ3n) is 2.37. The van der Waals surface area contributed by atoms with Crippen molar-refractivity contribution in [2.75, 3.05) is 13.1 Å². The van der Waals surface area contributed by atoms with Crippen molar-refractivity contribution >= 4 is 11.9 Å². The number of rotatable bonds is 3. The molecule has 0 aromatic carbocycles. The Kier molecular flexibility index (Phi) is 3.52. The van der Waals surface area contributed by atoms with Crippen molar-refractivity contribution in [2.24, 2.45) is 5.92 Å². The summed E-state index contributed by atoms with van der Waals surface area (Å²) in [5.74, 6) is 1.14. The monoisotopic (exact) mass is 195 g/mol. The van der Waals surface area contributed by atoms with Gasteiger partial charge in [0.2, 0.25) is 5.91 Å². The highest BCUT2D eigenvalue weighted by Gasteiger charge is 2.30. The lowest BCUT2D eigenvalue weighted by Crippen LogP contribution is -2.29. The lowest BCUT2D eigenvalue weighted by molar-refractivity contribution is -0.141.